The molecule has 3 amide bonds. The van der Waals surface area contributed by atoms with Crippen LogP contribution in [0, 0.1) is 0 Å². The van der Waals surface area contributed by atoms with E-state index in [9.17, 15) is 9.59 Å². The minimum atomic E-state index is -0.404. The Labute approximate surface area is 149 Å². The van der Waals surface area contributed by atoms with Gasteiger partial charge in [-0.25, -0.2) is 9.59 Å². The number of nitrogens with one attached hydrogen (secondary N) is 2. The van der Waals surface area contributed by atoms with Gasteiger partial charge in [0.15, 0.2) is 0 Å². The molecule has 2 N–H and O–H groups in total. The molecule has 25 heavy (non-hydrogen) atoms. The molecule has 0 radical (unpaired) electrons. The Morgan fingerprint density at radius 1 is 1.28 bits per heavy atom. The first-order valence-electron chi connectivity index (χ1n) is 8.83. The zero-order chi connectivity index (χ0) is 18.2. The molecule has 7 nitrogen and oxygen atoms in total. The van der Waals surface area contributed by atoms with Gasteiger partial charge >= 0.3 is 12.1 Å². The van der Waals surface area contributed by atoms with Gasteiger partial charge in [-0.1, -0.05) is 6.92 Å². The molecule has 1 atom stereocenters. The Kier molecular flexibility index (Phi) is 7.06. The number of nitrogens with zero attached hydrogens (tertiary/aromatic N) is 2. The zero-order valence-corrected chi connectivity index (χ0v) is 15.2. The van der Waals surface area contributed by atoms with Gasteiger partial charge in [0.25, 0.3) is 0 Å². The van der Waals surface area contributed by atoms with Crippen molar-refractivity contribution < 1.29 is 14.3 Å². The zero-order valence-electron chi connectivity index (χ0n) is 15.2. The highest BCUT2D eigenvalue weighted by molar-refractivity contribution is 5.91. The molecule has 138 valence electrons. The van der Waals surface area contributed by atoms with E-state index < -0.39 is 6.09 Å². The summed E-state index contributed by atoms with van der Waals surface area (Å²) in [5.41, 5.74) is 1.39. The third-order valence-electron chi connectivity index (χ3n) is 4.34. The summed E-state index contributed by atoms with van der Waals surface area (Å²) in [4.78, 5) is 27.6. The molecule has 0 unspecified atom stereocenters. The summed E-state index contributed by atoms with van der Waals surface area (Å²) >= 11 is 0. The van der Waals surface area contributed by atoms with Gasteiger partial charge in [-0.3, -0.25) is 4.90 Å². The molecule has 1 aromatic rings. The summed E-state index contributed by atoms with van der Waals surface area (Å²) in [7, 11) is 1.65. The number of anilines is 2. The summed E-state index contributed by atoms with van der Waals surface area (Å²) in [6.45, 7) is 7.24. The summed E-state index contributed by atoms with van der Waals surface area (Å²) in [6.07, 6.45) is 1.71. The Balaban J connectivity index is 1.86. The Morgan fingerprint density at radius 2 is 2.00 bits per heavy atom. The predicted octanol–water partition coefficient (Wildman–Crippen LogP) is 2.89. The summed E-state index contributed by atoms with van der Waals surface area (Å²) in [6, 6.07) is 7.06. The Morgan fingerprint density at radius 3 is 2.64 bits per heavy atom. The van der Waals surface area contributed by atoms with Crippen LogP contribution in [0.15, 0.2) is 24.3 Å². The highest BCUT2D eigenvalue weighted by Crippen LogP contribution is 2.18. The number of carbonyl (C=O) groups is 2. The standard InChI is InChI=1S/C18H28N4O3/c1-4-22-12-6-7-15(13-22)20-17(23)19-14-8-10-16(11-9-14)21(3)18(24)25-5-2/h8-11,15H,4-7,12-13H2,1-3H3,(H2,19,20,23)/t15-/m0/s1. The van der Waals surface area contributed by atoms with Crippen LogP contribution in [0.2, 0.25) is 0 Å². The Bertz CT molecular complexity index is 576. The molecule has 1 aliphatic heterocycles. The minimum absolute atomic E-state index is 0.183. The molecule has 1 aromatic carbocycles. The van der Waals surface area contributed by atoms with E-state index in [1.54, 1.807) is 38.2 Å². The lowest BCUT2D eigenvalue weighted by atomic mass is 10.1. The molecule has 0 spiro atoms. The lowest BCUT2D eigenvalue weighted by Gasteiger charge is -2.32. The number of hydrogen-bond donors (Lipinski definition) is 2. The number of piperidine rings is 1. The quantitative estimate of drug-likeness (QED) is 0.858. The van der Waals surface area contributed by atoms with Crippen molar-refractivity contribution in [1.82, 2.24) is 10.2 Å². The van der Waals surface area contributed by atoms with Crippen molar-refractivity contribution in [1.29, 1.82) is 0 Å². The number of amides is 3. The SMILES string of the molecule is CCOC(=O)N(C)c1ccc(NC(=O)N[C@H]2CCCN(CC)C2)cc1. The van der Waals surface area contributed by atoms with E-state index in [1.165, 1.54) is 4.90 Å². The van der Waals surface area contributed by atoms with E-state index in [1.807, 2.05) is 0 Å². The molecule has 1 saturated heterocycles. The van der Waals surface area contributed by atoms with Crippen LogP contribution in [0.25, 0.3) is 0 Å². The van der Waals surface area contributed by atoms with Crippen LogP contribution in [-0.4, -0.2) is 56.4 Å². The topological polar surface area (TPSA) is 73.9 Å². The molecule has 1 fully saturated rings. The first kappa shape index (κ1) is 19.1. The largest absolute Gasteiger partial charge is 0.449 e. The van der Waals surface area contributed by atoms with Crippen molar-refractivity contribution in [2.45, 2.75) is 32.7 Å². The highest BCUT2D eigenvalue weighted by Gasteiger charge is 2.20. The highest BCUT2D eigenvalue weighted by atomic mass is 16.6. The number of urea groups is 1. The second kappa shape index (κ2) is 9.27. The van der Waals surface area contributed by atoms with Crippen molar-refractivity contribution in [3.63, 3.8) is 0 Å². The van der Waals surface area contributed by atoms with Gasteiger partial charge < -0.3 is 20.3 Å². The molecule has 0 saturated carbocycles. The smallest absolute Gasteiger partial charge is 0.413 e. The van der Waals surface area contributed by atoms with Gasteiger partial charge in [-0.05, 0) is 57.1 Å². The van der Waals surface area contributed by atoms with Gasteiger partial charge in [0.2, 0.25) is 0 Å². The summed E-state index contributed by atoms with van der Waals surface area (Å²) < 4.78 is 4.96. The van der Waals surface area contributed by atoms with E-state index in [4.69, 9.17) is 4.74 Å². The van der Waals surface area contributed by atoms with Crippen LogP contribution in [0.1, 0.15) is 26.7 Å². The van der Waals surface area contributed by atoms with Crippen LogP contribution >= 0.6 is 0 Å². The summed E-state index contributed by atoms with van der Waals surface area (Å²) in [5, 5.41) is 5.87. The number of benzene rings is 1. The van der Waals surface area contributed by atoms with Crippen LogP contribution in [0.4, 0.5) is 21.0 Å². The fourth-order valence-electron chi connectivity index (χ4n) is 2.91. The van der Waals surface area contributed by atoms with Crippen molar-refractivity contribution in [3.8, 4) is 0 Å². The first-order valence-corrected chi connectivity index (χ1v) is 8.83. The number of likely N-dealkylation sites (tertiary alicyclic amines) is 1. The molecule has 7 heteroatoms. The maximum absolute atomic E-state index is 12.2. The van der Waals surface area contributed by atoms with Gasteiger partial charge in [-0.2, -0.15) is 0 Å². The lowest BCUT2D eigenvalue weighted by Crippen LogP contribution is -2.48. The lowest BCUT2D eigenvalue weighted by molar-refractivity contribution is 0.161. The van der Waals surface area contributed by atoms with Crippen LogP contribution in [0.5, 0.6) is 0 Å². The molecule has 0 bridgehead atoms. The number of carbonyl (C=O) groups excluding carboxylic acids is 2. The molecule has 1 heterocycles. The molecular formula is C18H28N4O3. The predicted molar refractivity (Wildman–Crippen MR) is 99.2 cm³/mol. The monoisotopic (exact) mass is 348 g/mol. The van der Waals surface area contributed by atoms with Crippen molar-refractivity contribution in [2.24, 2.45) is 0 Å². The average Bonchev–Trinajstić information content (AvgIpc) is 2.62. The van der Waals surface area contributed by atoms with E-state index in [0.717, 1.165) is 32.5 Å². The number of ether oxygens (including phenoxy) is 1. The maximum atomic E-state index is 12.2. The minimum Gasteiger partial charge on any atom is -0.449 e. The van der Waals surface area contributed by atoms with Gasteiger partial charge in [-0.15, -0.1) is 0 Å². The van der Waals surface area contributed by atoms with Crippen molar-refractivity contribution in [2.75, 3.05) is 43.5 Å². The van der Waals surface area contributed by atoms with Crippen LogP contribution in [-0.2, 0) is 4.74 Å². The first-order chi connectivity index (χ1) is 12.0. The normalized spacial score (nSPS) is 17.6. The van der Waals surface area contributed by atoms with Gasteiger partial charge in [0.1, 0.15) is 0 Å². The number of likely N-dealkylation sites (N-methyl/N-ethyl adjacent to an activating group) is 1. The van der Waals surface area contributed by atoms with E-state index in [-0.39, 0.29) is 12.1 Å². The van der Waals surface area contributed by atoms with E-state index in [2.05, 4.69) is 22.5 Å². The molecular weight excluding hydrogens is 320 g/mol. The van der Waals surface area contributed by atoms with Crippen LogP contribution in [0.3, 0.4) is 0 Å². The second-order valence-corrected chi connectivity index (χ2v) is 6.14. The van der Waals surface area contributed by atoms with Gasteiger partial charge in [0, 0.05) is 31.0 Å². The van der Waals surface area contributed by atoms with Crippen molar-refractivity contribution >= 4 is 23.5 Å². The fraction of sp³-hybridized carbons (Fsp3) is 0.556. The molecule has 0 aromatic heterocycles. The third kappa shape index (κ3) is 5.63. The number of rotatable bonds is 5. The maximum Gasteiger partial charge on any atom is 0.413 e. The van der Waals surface area contributed by atoms with Crippen molar-refractivity contribution in [3.05, 3.63) is 24.3 Å². The van der Waals surface area contributed by atoms with E-state index >= 15 is 0 Å². The van der Waals surface area contributed by atoms with Gasteiger partial charge in [0.05, 0.1) is 6.61 Å². The Hall–Kier alpha value is -2.28. The average molecular weight is 348 g/mol. The van der Waals surface area contributed by atoms with E-state index in [0.29, 0.717) is 18.0 Å². The molecule has 2 rings (SSSR count). The summed E-state index contributed by atoms with van der Waals surface area (Å²) in [5.74, 6) is 0. The second-order valence-electron chi connectivity index (χ2n) is 6.14. The molecule has 1 aliphatic rings. The molecule has 0 aliphatic carbocycles. The number of hydrogen-bond acceptors (Lipinski definition) is 4. The van der Waals surface area contributed by atoms with Crippen LogP contribution < -0.4 is 15.5 Å². The third-order valence-corrected chi connectivity index (χ3v) is 4.34. The fourth-order valence-corrected chi connectivity index (χ4v) is 2.91.